The third kappa shape index (κ3) is 7.21. The topological polar surface area (TPSA) is 132 Å². The molecule has 1 aromatic heterocycles. The lowest BCUT2D eigenvalue weighted by Crippen LogP contribution is -2.23. The highest BCUT2D eigenvalue weighted by Gasteiger charge is 2.37. The van der Waals surface area contributed by atoms with Crippen molar-refractivity contribution in [3.8, 4) is 0 Å². The van der Waals surface area contributed by atoms with Crippen molar-refractivity contribution in [3.63, 3.8) is 0 Å². The van der Waals surface area contributed by atoms with E-state index in [-0.39, 0.29) is 34.8 Å². The smallest absolute Gasteiger partial charge is 0.365 e. The molecule has 0 bridgehead atoms. The van der Waals surface area contributed by atoms with E-state index in [0.717, 1.165) is 48.8 Å². The Morgan fingerprint density at radius 1 is 1.20 bits per heavy atom. The van der Waals surface area contributed by atoms with Crippen LogP contribution in [0.25, 0.3) is 0 Å². The lowest BCUT2D eigenvalue weighted by Gasteiger charge is -2.21. The van der Waals surface area contributed by atoms with Gasteiger partial charge in [-0.3, -0.25) is 9.36 Å². The van der Waals surface area contributed by atoms with E-state index in [9.17, 15) is 22.9 Å². The molecule has 2 atom stereocenters. The number of carbonyl (C=O) groups excluding carboxylic acids is 1. The normalized spacial score (nSPS) is 16.8. The molecule has 1 heterocycles. The molecule has 0 spiro atoms. The minimum Gasteiger partial charge on any atom is -0.375 e. The van der Waals surface area contributed by atoms with Gasteiger partial charge in [0.05, 0.1) is 29.7 Å². The van der Waals surface area contributed by atoms with Crippen LogP contribution >= 0.6 is 18.9 Å². The lowest BCUT2D eigenvalue weighted by molar-refractivity contribution is -0.118. The molecular weight excluding hydrogens is 511 g/mol. The van der Waals surface area contributed by atoms with Gasteiger partial charge >= 0.3 is 7.60 Å². The predicted molar refractivity (Wildman–Crippen MR) is 135 cm³/mol. The van der Waals surface area contributed by atoms with Gasteiger partial charge < -0.3 is 19.5 Å². The standard InChI is InChI=1S/C23H33N2O7PS2/c1-4-31-33(28,32-5-2)22(27)20-15-34-23(24-20)25-21(26)19(14-16-8-6-7-9-16)17-10-12-18(13-11-17)35(3,29)30/h10-13,15-16,19,22,27H,4-9,14H2,1-3H3,(H,24,25,26)/t19-,22?/m1/s1. The van der Waals surface area contributed by atoms with Crippen LogP contribution in [0.4, 0.5) is 5.13 Å². The van der Waals surface area contributed by atoms with Gasteiger partial charge in [0.2, 0.25) is 5.91 Å². The van der Waals surface area contributed by atoms with Crippen LogP contribution in [0.2, 0.25) is 0 Å². The summed E-state index contributed by atoms with van der Waals surface area (Å²) in [6, 6.07) is 6.42. The molecule has 1 aliphatic rings. The summed E-state index contributed by atoms with van der Waals surface area (Å²) in [6.45, 7) is 3.50. The summed E-state index contributed by atoms with van der Waals surface area (Å²) in [5.41, 5.74) is 0.830. The molecule has 0 saturated heterocycles. The third-order valence-corrected chi connectivity index (χ3v) is 10.0. The van der Waals surface area contributed by atoms with Crippen LogP contribution in [0.3, 0.4) is 0 Å². The van der Waals surface area contributed by atoms with Gasteiger partial charge in [-0.1, -0.05) is 37.8 Å². The van der Waals surface area contributed by atoms with Crippen molar-refractivity contribution < 1.29 is 31.9 Å². The zero-order valence-electron chi connectivity index (χ0n) is 20.2. The van der Waals surface area contributed by atoms with E-state index in [0.29, 0.717) is 12.3 Å². The van der Waals surface area contributed by atoms with Gasteiger partial charge in [-0.05, 0) is 43.9 Å². The number of amides is 1. The molecule has 0 aliphatic heterocycles. The van der Waals surface area contributed by atoms with Gasteiger partial charge in [0.1, 0.15) is 0 Å². The number of anilines is 1. The van der Waals surface area contributed by atoms with Crippen molar-refractivity contribution in [2.45, 2.75) is 62.6 Å². The summed E-state index contributed by atoms with van der Waals surface area (Å²) in [4.78, 5) is 17.8. The summed E-state index contributed by atoms with van der Waals surface area (Å²) in [7, 11) is -7.16. The Labute approximate surface area is 210 Å². The number of hydrogen-bond acceptors (Lipinski definition) is 9. The molecule has 2 aromatic rings. The van der Waals surface area contributed by atoms with Crippen molar-refractivity contribution in [1.29, 1.82) is 0 Å². The van der Waals surface area contributed by atoms with Crippen molar-refractivity contribution >= 4 is 39.8 Å². The molecule has 12 heteroatoms. The zero-order chi connectivity index (χ0) is 25.6. The first-order chi connectivity index (χ1) is 16.6. The average Bonchev–Trinajstić information content (AvgIpc) is 3.49. The van der Waals surface area contributed by atoms with Crippen LogP contribution in [-0.2, 0) is 28.2 Å². The maximum atomic E-state index is 13.3. The molecule has 1 aliphatic carbocycles. The van der Waals surface area contributed by atoms with Crippen LogP contribution in [0, 0.1) is 5.92 Å². The predicted octanol–water partition coefficient (Wildman–Crippen LogP) is 5.11. The van der Waals surface area contributed by atoms with Crippen LogP contribution in [0.1, 0.15) is 69.0 Å². The molecule has 0 radical (unpaired) electrons. The van der Waals surface area contributed by atoms with Crippen molar-refractivity contribution in [1.82, 2.24) is 4.98 Å². The fraction of sp³-hybridized carbons (Fsp3) is 0.565. The van der Waals surface area contributed by atoms with Crippen LogP contribution in [0.15, 0.2) is 34.5 Å². The second kappa shape index (κ2) is 12.1. The molecule has 1 unspecified atom stereocenters. The monoisotopic (exact) mass is 544 g/mol. The second-order valence-corrected chi connectivity index (χ2v) is 13.6. The number of aliphatic hydroxyl groups is 1. The van der Waals surface area contributed by atoms with Gasteiger partial charge in [-0.2, -0.15) is 0 Å². The van der Waals surface area contributed by atoms with Gasteiger partial charge in [0.25, 0.3) is 0 Å². The fourth-order valence-corrected chi connectivity index (χ4v) is 7.27. The highest BCUT2D eigenvalue weighted by atomic mass is 32.2. The molecule has 1 aromatic carbocycles. The number of benzene rings is 1. The Hall–Kier alpha value is -1.62. The molecular formula is C23H33N2O7PS2. The van der Waals surface area contributed by atoms with E-state index < -0.39 is 29.2 Å². The molecule has 2 N–H and O–H groups in total. The maximum absolute atomic E-state index is 13.3. The van der Waals surface area contributed by atoms with Gasteiger partial charge in [0.15, 0.2) is 20.8 Å². The summed E-state index contributed by atoms with van der Waals surface area (Å²) in [6.07, 6.45) is 6.19. The highest BCUT2D eigenvalue weighted by Crippen LogP contribution is 2.59. The molecule has 3 rings (SSSR count). The Balaban J connectivity index is 1.80. The van der Waals surface area contributed by atoms with Crippen molar-refractivity contribution in [3.05, 3.63) is 40.9 Å². The Morgan fingerprint density at radius 2 is 1.80 bits per heavy atom. The van der Waals surface area contributed by atoms with Crippen LogP contribution in [-0.4, -0.2) is 43.9 Å². The number of nitrogens with one attached hydrogen (secondary N) is 1. The van der Waals surface area contributed by atoms with E-state index in [1.165, 1.54) is 17.5 Å². The van der Waals surface area contributed by atoms with Gasteiger partial charge in [-0.15, -0.1) is 11.3 Å². The van der Waals surface area contributed by atoms with Crippen molar-refractivity contribution in [2.24, 2.45) is 5.92 Å². The summed E-state index contributed by atoms with van der Waals surface area (Å²) < 4.78 is 46.9. The van der Waals surface area contributed by atoms with Gasteiger partial charge in [0, 0.05) is 11.6 Å². The minimum absolute atomic E-state index is 0.0976. The number of thiazole rings is 1. The van der Waals surface area contributed by atoms with E-state index in [4.69, 9.17) is 9.05 Å². The number of nitrogens with zero attached hydrogens (tertiary/aromatic N) is 1. The fourth-order valence-electron chi connectivity index (χ4n) is 4.28. The SMILES string of the molecule is CCOP(=O)(OCC)C(O)c1csc(NC(=O)[C@H](CC2CCCC2)c2ccc(S(C)(=O)=O)cc2)n1. The molecule has 194 valence electrons. The Kier molecular flexibility index (Phi) is 9.65. The second-order valence-electron chi connectivity index (χ2n) is 8.60. The van der Waals surface area contributed by atoms with Crippen LogP contribution < -0.4 is 5.32 Å². The zero-order valence-corrected chi connectivity index (χ0v) is 22.7. The van der Waals surface area contributed by atoms with E-state index in [1.807, 2.05) is 0 Å². The van der Waals surface area contributed by atoms with Crippen LogP contribution in [0.5, 0.6) is 0 Å². The molecule has 9 nitrogen and oxygen atoms in total. The quantitative estimate of drug-likeness (QED) is 0.353. The number of hydrogen-bond donors (Lipinski definition) is 2. The number of carbonyl (C=O) groups is 1. The number of aromatic nitrogens is 1. The molecule has 1 saturated carbocycles. The lowest BCUT2D eigenvalue weighted by atomic mass is 9.87. The van der Waals surface area contributed by atoms with E-state index in [2.05, 4.69) is 10.3 Å². The third-order valence-electron chi connectivity index (χ3n) is 6.01. The Morgan fingerprint density at radius 3 is 2.34 bits per heavy atom. The number of rotatable bonds is 12. The van der Waals surface area contributed by atoms with Crippen molar-refractivity contribution in [2.75, 3.05) is 24.8 Å². The first kappa shape index (κ1) is 28.0. The van der Waals surface area contributed by atoms with Gasteiger partial charge in [-0.25, -0.2) is 13.4 Å². The number of aliphatic hydroxyl groups excluding tert-OH is 1. The first-order valence-corrected chi connectivity index (χ1v) is 16.1. The molecule has 1 fully saturated rings. The molecule has 1 amide bonds. The summed E-state index contributed by atoms with van der Waals surface area (Å²) >= 11 is 1.11. The van der Waals surface area contributed by atoms with E-state index >= 15 is 0 Å². The number of sulfone groups is 1. The summed E-state index contributed by atoms with van der Waals surface area (Å²) in [5, 5.41) is 15.2. The Bertz CT molecular complexity index is 1130. The maximum Gasteiger partial charge on any atom is 0.365 e. The highest BCUT2D eigenvalue weighted by molar-refractivity contribution is 7.90. The first-order valence-electron chi connectivity index (χ1n) is 11.7. The minimum atomic E-state index is -3.82. The largest absolute Gasteiger partial charge is 0.375 e. The summed E-state index contributed by atoms with van der Waals surface area (Å²) in [5.74, 6) is -1.90. The molecule has 35 heavy (non-hydrogen) atoms. The van der Waals surface area contributed by atoms with E-state index in [1.54, 1.807) is 26.0 Å². The average molecular weight is 545 g/mol.